The van der Waals surface area contributed by atoms with E-state index in [9.17, 15) is 4.79 Å². The number of hydrogen-bond acceptors (Lipinski definition) is 6. The van der Waals surface area contributed by atoms with Crippen LogP contribution >= 0.6 is 0 Å². The zero-order chi connectivity index (χ0) is 26.2. The van der Waals surface area contributed by atoms with E-state index in [1.54, 1.807) is 0 Å². The molecule has 1 N–H and O–H groups in total. The molecule has 0 atom stereocenters. The summed E-state index contributed by atoms with van der Waals surface area (Å²) in [6.45, 7) is 7.04. The summed E-state index contributed by atoms with van der Waals surface area (Å²) in [6.07, 6.45) is 0. The lowest BCUT2D eigenvalue weighted by molar-refractivity contribution is 0.0946. The average molecular weight is 498 g/mol. The fourth-order valence-electron chi connectivity index (χ4n) is 4.13. The molecule has 0 saturated heterocycles. The van der Waals surface area contributed by atoms with E-state index in [2.05, 4.69) is 43.2 Å². The molecule has 0 fully saturated rings. The van der Waals surface area contributed by atoms with Gasteiger partial charge in [0.1, 0.15) is 0 Å². The van der Waals surface area contributed by atoms with Crippen LogP contribution in [0.15, 0.2) is 71.1 Å². The lowest BCUT2D eigenvalue weighted by Crippen LogP contribution is -2.23. The molecule has 3 aromatic carbocycles. The van der Waals surface area contributed by atoms with Gasteiger partial charge >= 0.3 is 0 Å². The minimum absolute atomic E-state index is 0.0359. The van der Waals surface area contributed by atoms with E-state index >= 15 is 0 Å². The normalized spacial score (nSPS) is 12.5. The molecule has 7 heteroatoms. The van der Waals surface area contributed by atoms with Gasteiger partial charge in [0.2, 0.25) is 12.7 Å². The Hall–Kier alpha value is -4.26. The van der Waals surface area contributed by atoms with Gasteiger partial charge < -0.3 is 24.1 Å². The van der Waals surface area contributed by atoms with Crippen molar-refractivity contribution in [3.63, 3.8) is 0 Å². The number of amides is 1. The first kappa shape index (κ1) is 24.4. The molecule has 0 bridgehead atoms. The maximum Gasteiger partial charge on any atom is 0.274 e. The molecule has 1 aromatic heterocycles. The molecule has 0 aliphatic carbocycles. The third-order valence-corrected chi connectivity index (χ3v) is 6.38. The number of carbonyl (C=O) groups is 1. The quantitative estimate of drug-likeness (QED) is 0.350. The van der Waals surface area contributed by atoms with Crippen molar-refractivity contribution >= 4 is 11.6 Å². The van der Waals surface area contributed by atoms with Crippen LogP contribution in [0, 0.1) is 0 Å². The highest BCUT2D eigenvalue weighted by molar-refractivity contribution is 5.98. The van der Waals surface area contributed by atoms with Crippen LogP contribution in [0.25, 0.3) is 22.8 Å². The molecule has 5 rings (SSSR count). The molecule has 4 aromatic rings. The first-order valence-corrected chi connectivity index (χ1v) is 12.3. The zero-order valence-corrected chi connectivity index (χ0v) is 21.8. The van der Waals surface area contributed by atoms with E-state index in [-0.39, 0.29) is 23.8 Å². The van der Waals surface area contributed by atoms with Gasteiger partial charge in [0.15, 0.2) is 23.0 Å². The molecule has 0 radical (unpaired) electrons. The maximum absolute atomic E-state index is 13.4. The molecule has 1 aliphatic rings. The third-order valence-electron chi connectivity index (χ3n) is 6.38. The number of oxazole rings is 1. The van der Waals surface area contributed by atoms with E-state index in [1.807, 2.05) is 73.6 Å². The maximum atomic E-state index is 13.4. The Bertz CT molecular complexity index is 1410. The molecule has 0 unspecified atom stereocenters. The van der Waals surface area contributed by atoms with Crippen molar-refractivity contribution in [1.29, 1.82) is 0 Å². The molecule has 7 nitrogen and oxygen atoms in total. The Kier molecular flexibility index (Phi) is 6.38. The first-order chi connectivity index (χ1) is 17.7. The summed E-state index contributed by atoms with van der Waals surface area (Å²) in [6, 6.07) is 21.6. The Balaban J connectivity index is 1.45. The van der Waals surface area contributed by atoms with Crippen molar-refractivity contribution < 1.29 is 18.7 Å². The molecule has 37 heavy (non-hydrogen) atoms. The fourth-order valence-corrected chi connectivity index (χ4v) is 4.13. The van der Waals surface area contributed by atoms with Crippen LogP contribution in [0.5, 0.6) is 11.5 Å². The van der Waals surface area contributed by atoms with Crippen molar-refractivity contribution in [2.24, 2.45) is 0 Å². The average Bonchev–Trinajstić information content (AvgIpc) is 3.54. The molecule has 0 saturated carbocycles. The predicted molar refractivity (Wildman–Crippen MR) is 144 cm³/mol. The van der Waals surface area contributed by atoms with Gasteiger partial charge in [-0.05, 0) is 65.1 Å². The highest BCUT2D eigenvalue weighted by atomic mass is 16.7. The van der Waals surface area contributed by atoms with Crippen LogP contribution in [-0.4, -0.2) is 31.8 Å². The minimum atomic E-state index is -0.314. The third kappa shape index (κ3) is 5.16. The molecular formula is C30H31N3O4. The Labute approximate surface area is 217 Å². The van der Waals surface area contributed by atoms with Crippen molar-refractivity contribution in [1.82, 2.24) is 10.3 Å². The summed E-state index contributed by atoms with van der Waals surface area (Å²) in [4.78, 5) is 20.0. The zero-order valence-electron chi connectivity index (χ0n) is 21.8. The highest BCUT2D eigenvalue weighted by Gasteiger charge is 2.23. The molecule has 1 amide bonds. The second-order valence-corrected chi connectivity index (χ2v) is 10.3. The summed E-state index contributed by atoms with van der Waals surface area (Å²) >= 11 is 0. The van der Waals surface area contributed by atoms with E-state index in [1.165, 1.54) is 5.56 Å². The number of carbonyl (C=O) groups excluding carboxylic acids is 1. The van der Waals surface area contributed by atoms with Crippen LogP contribution in [0.3, 0.4) is 0 Å². The monoisotopic (exact) mass is 497 g/mol. The van der Waals surface area contributed by atoms with Gasteiger partial charge in [-0.3, -0.25) is 4.79 Å². The van der Waals surface area contributed by atoms with Gasteiger partial charge in [-0.2, -0.15) is 0 Å². The first-order valence-electron chi connectivity index (χ1n) is 12.3. The number of hydrogen-bond donors (Lipinski definition) is 1. The van der Waals surface area contributed by atoms with Crippen molar-refractivity contribution in [2.75, 3.05) is 25.8 Å². The van der Waals surface area contributed by atoms with E-state index in [4.69, 9.17) is 13.9 Å². The summed E-state index contributed by atoms with van der Waals surface area (Å²) in [7, 11) is 3.97. The summed E-state index contributed by atoms with van der Waals surface area (Å²) in [5.41, 5.74) is 5.04. The lowest BCUT2D eigenvalue weighted by atomic mass is 9.87. The second kappa shape index (κ2) is 9.65. The number of rotatable bonds is 6. The summed E-state index contributed by atoms with van der Waals surface area (Å²) in [5.74, 6) is 1.91. The van der Waals surface area contributed by atoms with Crippen LogP contribution in [0.2, 0.25) is 0 Å². The molecule has 190 valence electrons. The molecule has 0 spiro atoms. The summed E-state index contributed by atoms with van der Waals surface area (Å²) in [5, 5.41) is 2.97. The van der Waals surface area contributed by atoms with Gasteiger partial charge in [-0.1, -0.05) is 39.0 Å². The number of fused-ring (bicyclic) bond motifs is 1. The van der Waals surface area contributed by atoms with Gasteiger partial charge in [-0.15, -0.1) is 0 Å². The molecule has 1 aliphatic heterocycles. The Morgan fingerprint density at radius 2 is 1.59 bits per heavy atom. The van der Waals surface area contributed by atoms with Gasteiger partial charge in [0.05, 0.1) is 0 Å². The minimum Gasteiger partial charge on any atom is -0.454 e. The lowest BCUT2D eigenvalue weighted by Gasteiger charge is -2.18. The van der Waals surface area contributed by atoms with Crippen LogP contribution in [0.4, 0.5) is 5.69 Å². The number of nitrogens with one attached hydrogen (secondary N) is 1. The summed E-state index contributed by atoms with van der Waals surface area (Å²) < 4.78 is 17.0. The number of aromatic nitrogens is 1. The smallest absolute Gasteiger partial charge is 0.274 e. The van der Waals surface area contributed by atoms with Crippen LogP contribution in [-0.2, 0) is 12.0 Å². The fraction of sp³-hybridized carbons (Fsp3) is 0.267. The SMILES string of the molecule is CN(C)c1ccc(-c2oc(-c3ccc(C(C)(C)C)cc3)nc2C(=O)NCc2ccc3c(c2)OCO3)cc1. The van der Waals surface area contributed by atoms with E-state index < -0.39 is 0 Å². The number of ether oxygens (including phenoxy) is 2. The van der Waals surface area contributed by atoms with E-state index in [0.29, 0.717) is 29.7 Å². The topological polar surface area (TPSA) is 76.8 Å². The highest BCUT2D eigenvalue weighted by Crippen LogP contribution is 2.34. The predicted octanol–water partition coefficient (Wildman–Crippen LogP) is 6.03. The number of nitrogens with zero attached hydrogens (tertiary/aromatic N) is 2. The number of anilines is 1. The Morgan fingerprint density at radius 3 is 2.27 bits per heavy atom. The van der Waals surface area contributed by atoms with Crippen molar-refractivity contribution in [3.8, 4) is 34.3 Å². The van der Waals surface area contributed by atoms with E-state index in [0.717, 1.165) is 22.4 Å². The van der Waals surface area contributed by atoms with Crippen LogP contribution < -0.4 is 19.7 Å². The van der Waals surface area contributed by atoms with Gasteiger partial charge in [0.25, 0.3) is 5.91 Å². The molecule has 2 heterocycles. The standard InChI is InChI=1S/C30H31N3O4/c1-30(2,3)22-11-7-21(8-12-22)29-32-26(27(37-29)20-9-13-23(14-10-20)33(4)5)28(34)31-17-19-6-15-24-25(16-19)36-18-35-24/h6-16H,17-18H2,1-5H3,(H,31,34). The number of benzene rings is 3. The van der Waals surface area contributed by atoms with Crippen LogP contribution in [0.1, 0.15) is 42.4 Å². The van der Waals surface area contributed by atoms with Crippen molar-refractivity contribution in [2.45, 2.75) is 32.7 Å². The Morgan fingerprint density at radius 1 is 0.919 bits per heavy atom. The molecular weight excluding hydrogens is 466 g/mol. The second-order valence-electron chi connectivity index (χ2n) is 10.3. The van der Waals surface area contributed by atoms with Gasteiger partial charge in [-0.25, -0.2) is 4.98 Å². The van der Waals surface area contributed by atoms with Crippen molar-refractivity contribution in [3.05, 3.63) is 83.6 Å². The largest absolute Gasteiger partial charge is 0.454 e. The van der Waals surface area contributed by atoms with Gasteiger partial charge in [0, 0.05) is 37.5 Å².